The SMILES string of the molecule is CN(C)C(=C/C=N/S(=O)(=O)Cc1ccccc1)N(C)C. The second kappa shape index (κ2) is 7.09. The molecule has 0 spiro atoms. The molecule has 0 radical (unpaired) electrons. The Morgan fingerprint density at radius 2 is 1.65 bits per heavy atom. The summed E-state index contributed by atoms with van der Waals surface area (Å²) in [6.07, 6.45) is 3.00. The van der Waals surface area contributed by atoms with Gasteiger partial charge in [-0.2, -0.15) is 4.40 Å². The summed E-state index contributed by atoms with van der Waals surface area (Å²) in [6, 6.07) is 9.01. The van der Waals surface area contributed by atoms with E-state index in [-0.39, 0.29) is 5.75 Å². The zero-order chi connectivity index (χ0) is 15.2. The highest BCUT2D eigenvalue weighted by Gasteiger charge is 2.08. The monoisotopic (exact) mass is 295 g/mol. The highest BCUT2D eigenvalue weighted by atomic mass is 32.2. The molecule has 110 valence electrons. The molecule has 5 nitrogen and oxygen atoms in total. The molecule has 0 saturated carbocycles. The lowest BCUT2D eigenvalue weighted by molar-refractivity contribution is 0.344. The van der Waals surface area contributed by atoms with Crippen molar-refractivity contribution in [1.82, 2.24) is 9.80 Å². The molecule has 0 unspecified atom stereocenters. The molecule has 0 N–H and O–H groups in total. The van der Waals surface area contributed by atoms with E-state index in [0.29, 0.717) is 0 Å². The van der Waals surface area contributed by atoms with Crippen LogP contribution in [0.25, 0.3) is 0 Å². The molecular formula is C14H21N3O2S. The van der Waals surface area contributed by atoms with Crippen LogP contribution >= 0.6 is 0 Å². The van der Waals surface area contributed by atoms with Crippen LogP contribution in [0.1, 0.15) is 5.56 Å². The molecule has 1 aromatic carbocycles. The van der Waals surface area contributed by atoms with Gasteiger partial charge >= 0.3 is 0 Å². The molecular weight excluding hydrogens is 274 g/mol. The fraction of sp³-hybridized carbons (Fsp3) is 0.357. The molecule has 0 amide bonds. The zero-order valence-corrected chi connectivity index (χ0v) is 13.1. The normalized spacial score (nSPS) is 11.4. The molecule has 20 heavy (non-hydrogen) atoms. The number of hydrogen-bond donors (Lipinski definition) is 0. The van der Waals surface area contributed by atoms with Gasteiger partial charge in [0.1, 0.15) is 5.82 Å². The first-order valence-electron chi connectivity index (χ1n) is 6.19. The molecule has 1 rings (SSSR count). The average molecular weight is 295 g/mol. The van der Waals surface area contributed by atoms with Gasteiger partial charge in [0, 0.05) is 34.4 Å². The van der Waals surface area contributed by atoms with Gasteiger partial charge < -0.3 is 9.80 Å². The maximum atomic E-state index is 11.9. The fourth-order valence-corrected chi connectivity index (χ4v) is 2.64. The number of allylic oxidation sites excluding steroid dienone is 1. The number of hydrogen-bond acceptors (Lipinski definition) is 4. The molecule has 0 heterocycles. The summed E-state index contributed by atoms with van der Waals surface area (Å²) >= 11 is 0. The van der Waals surface area contributed by atoms with Gasteiger partial charge in [0.25, 0.3) is 10.0 Å². The van der Waals surface area contributed by atoms with Crippen molar-refractivity contribution in [2.75, 3.05) is 28.2 Å². The summed E-state index contributed by atoms with van der Waals surface area (Å²) in [5, 5.41) is 0. The lowest BCUT2D eigenvalue weighted by Gasteiger charge is -2.23. The third-order valence-corrected chi connectivity index (χ3v) is 3.69. The first-order chi connectivity index (χ1) is 9.32. The summed E-state index contributed by atoms with van der Waals surface area (Å²) in [5.41, 5.74) is 0.731. The summed E-state index contributed by atoms with van der Waals surface area (Å²) in [4.78, 5) is 3.77. The van der Waals surface area contributed by atoms with Crippen LogP contribution < -0.4 is 0 Å². The summed E-state index contributed by atoms with van der Waals surface area (Å²) in [6.45, 7) is 0. The first-order valence-corrected chi connectivity index (χ1v) is 7.79. The smallest absolute Gasteiger partial charge is 0.257 e. The standard InChI is InChI=1S/C14H21N3O2S/c1-16(2)14(17(3)4)10-11-15-20(18,19)12-13-8-6-5-7-9-13/h5-11H,12H2,1-4H3/b15-11+. The minimum atomic E-state index is -3.49. The van der Waals surface area contributed by atoms with Gasteiger partial charge in [-0.05, 0) is 11.6 Å². The van der Waals surface area contributed by atoms with Gasteiger partial charge in [-0.15, -0.1) is 0 Å². The number of rotatable bonds is 6. The van der Waals surface area contributed by atoms with Crippen LogP contribution in [-0.4, -0.2) is 52.6 Å². The molecule has 1 aromatic rings. The van der Waals surface area contributed by atoms with Gasteiger partial charge in [-0.3, -0.25) is 0 Å². The van der Waals surface area contributed by atoms with Crippen LogP contribution in [0.4, 0.5) is 0 Å². The highest BCUT2D eigenvalue weighted by molar-refractivity contribution is 7.89. The Labute approximate surface area is 121 Å². The second-order valence-corrected chi connectivity index (χ2v) is 6.44. The van der Waals surface area contributed by atoms with Crippen molar-refractivity contribution in [2.24, 2.45) is 4.40 Å². The number of sulfonamides is 1. The fourth-order valence-electron chi connectivity index (χ4n) is 1.71. The van der Waals surface area contributed by atoms with E-state index in [1.54, 1.807) is 18.2 Å². The maximum absolute atomic E-state index is 11.9. The molecule has 0 aliphatic heterocycles. The predicted octanol–water partition coefficient (Wildman–Crippen LogP) is 1.55. The van der Waals surface area contributed by atoms with E-state index < -0.39 is 10.0 Å². The Morgan fingerprint density at radius 1 is 1.10 bits per heavy atom. The largest absolute Gasteiger partial charge is 0.364 e. The predicted molar refractivity (Wildman–Crippen MR) is 83.0 cm³/mol. The molecule has 0 bridgehead atoms. The molecule has 0 atom stereocenters. The Balaban J connectivity index is 2.80. The Bertz CT molecular complexity index is 566. The summed E-state index contributed by atoms with van der Waals surface area (Å²) < 4.78 is 27.4. The number of nitrogens with zero attached hydrogens (tertiary/aromatic N) is 3. The lowest BCUT2D eigenvalue weighted by Crippen LogP contribution is -2.24. The van der Waals surface area contributed by atoms with Crippen molar-refractivity contribution >= 4 is 16.2 Å². The van der Waals surface area contributed by atoms with E-state index in [2.05, 4.69) is 4.40 Å². The van der Waals surface area contributed by atoms with E-state index in [1.165, 1.54) is 6.21 Å². The van der Waals surface area contributed by atoms with Crippen LogP contribution in [0, 0.1) is 0 Å². The molecule has 0 saturated heterocycles. The Hall–Kier alpha value is -1.82. The third kappa shape index (κ3) is 5.44. The van der Waals surface area contributed by atoms with E-state index in [4.69, 9.17) is 0 Å². The number of benzene rings is 1. The van der Waals surface area contributed by atoms with Crippen LogP contribution in [-0.2, 0) is 15.8 Å². The van der Waals surface area contributed by atoms with E-state index in [1.807, 2.05) is 56.2 Å². The van der Waals surface area contributed by atoms with Gasteiger partial charge in [-0.1, -0.05) is 30.3 Å². The first kappa shape index (κ1) is 16.2. The van der Waals surface area contributed by atoms with Crippen molar-refractivity contribution in [1.29, 1.82) is 0 Å². The molecule has 0 aliphatic carbocycles. The van der Waals surface area contributed by atoms with Crippen molar-refractivity contribution in [2.45, 2.75) is 5.75 Å². The summed E-state index contributed by atoms with van der Waals surface area (Å²) in [5.74, 6) is 0.779. The quantitative estimate of drug-likeness (QED) is 0.747. The van der Waals surface area contributed by atoms with Crippen molar-refractivity contribution in [3.63, 3.8) is 0 Å². The third-order valence-electron chi connectivity index (χ3n) is 2.55. The van der Waals surface area contributed by atoms with Crippen LogP contribution in [0.15, 0.2) is 46.6 Å². The Morgan fingerprint density at radius 3 is 2.15 bits per heavy atom. The van der Waals surface area contributed by atoms with Crippen molar-refractivity contribution in [3.05, 3.63) is 47.8 Å². The molecule has 6 heteroatoms. The zero-order valence-electron chi connectivity index (χ0n) is 12.3. The highest BCUT2D eigenvalue weighted by Crippen LogP contribution is 2.07. The van der Waals surface area contributed by atoms with Crippen molar-refractivity contribution < 1.29 is 8.42 Å². The molecule has 0 fully saturated rings. The average Bonchev–Trinajstić information content (AvgIpc) is 2.34. The minimum absolute atomic E-state index is 0.0859. The van der Waals surface area contributed by atoms with Gasteiger partial charge in [0.05, 0.1) is 5.75 Å². The van der Waals surface area contributed by atoms with E-state index in [9.17, 15) is 8.42 Å². The molecule has 0 aromatic heterocycles. The maximum Gasteiger partial charge on any atom is 0.257 e. The molecule has 0 aliphatic rings. The lowest BCUT2D eigenvalue weighted by atomic mass is 10.2. The van der Waals surface area contributed by atoms with Gasteiger partial charge in [0.2, 0.25) is 0 Å². The van der Waals surface area contributed by atoms with E-state index in [0.717, 1.165) is 11.4 Å². The second-order valence-electron chi connectivity index (χ2n) is 4.78. The van der Waals surface area contributed by atoms with Gasteiger partial charge in [0.15, 0.2) is 0 Å². The van der Waals surface area contributed by atoms with Gasteiger partial charge in [-0.25, -0.2) is 8.42 Å². The van der Waals surface area contributed by atoms with E-state index >= 15 is 0 Å². The topological polar surface area (TPSA) is 53.0 Å². The van der Waals surface area contributed by atoms with Crippen LogP contribution in [0.3, 0.4) is 0 Å². The summed E-state index contributed by atoms with van der Waals surface area (Å²) in [7, 11) is 4.05. The van der Waals surface area contributed by atoms with Crippen LogP contribution in [0.5, 0.6) is 0 Å². The van der Waals surface area contributed by atoms with Crippen LogP contribution in [0.2, 0.25) is 0 Å². The van der Waals surface area contributed by atoms with Crippen molar-refractivity contribution in [3.8, 4) is 0 Å². The minimum Gasteiger partial charge on any atom is -0.364 e. The Kier molecular flexibility index (Phi) is 5.76.